The Kier molecular flexibility index (Phi) is 5.71. The standard InChI is InChI=1S/C25H25N3O3/c1-17(24(30)26-2)27(15-14-18-8-4-3-5-9-18)22(29)16-28-21-13-7-11-19-10-6-12-20(23(19)21)25(28)31/h3-13,17H,14-16H2,1-2H3,(H,26,30)/t17-/m0/s1. The van der Waals surface area contributed by atoms with Gasteiger partial charge in [0, 0.05) is 24.5 Å². The van der Waals surface area contributed by atoms with Crippen LogP contribution < -0.4 is 10.2 Å². The first kappa shape index (κ1) is 20.6. The molecule has 0 aromatic heterocycles. The molecule has 1 aliphatic rings. The van der Waals surface area contributed by atoms with E-state index in [1.165, 1.54) is 4.90 Å². The molecule has 0 saturated carbocycles. The molecule has 6 heteroatoms. The van der Waals surface area contributed by atoms with Gasteiger partial charge in [0.2, 0.25) is 11.8 Å². The summed E-state index contributed by atoms with van der Waals surface area (Å²) in [6.45, 7) is 1.99. The van der Waals surface area contributed by atoms with Crippen molar-refractivity contribution in [1.82, 2.24) is 10.2 Å². The average Bonchev–Trinajstić information content (AvgIpc) is 3.07. The lowest BCUT2D eigenvalue weighted by atomic mass is 10.1. The molecule has 0 fully saturated rings. The van der Waals surface area contributed by atoms with E-state index in [0.29, 0.717) is 18.5 Å². The minimum absolute atomic E-state index is 0.108. The zero-order chi connectivity index (χ0) is 22.0. The molecule has 0 bridgehead atoms. The Labute approximate surface area is 181 Å². The highest BCUT2D eigenvalue weighted by molar-refractivity contribution is 6.26. The van der Waals surface area contributed by atoms with Gasteiger partial charge in [-0.2, -0.15) is 0 Å². The van der Waals surface area contributed by atoms with Crippen LogP contribution in [-0.2, 0) is 16.0 Å². The molecule has 3 aromatic carbocycles. The monoisotopic (exact) mass is 415 g/mol. The van der Waals surface area contributed by atoms with Gasteiger partial charge in [-0.15, -0.1) is 0 Å². The van der Waals surface area contributed by atoms with Crippen molar-refractivity contribution in [1.29, 1.82) is 0 Å². The summed E-state index contributed by atoms with van der Waals surface area (Å²) in [5.41, 5.74) is 2.43. The highest BCUT2D eigenvalue weighted by Crippen LogP contribution is 2.37. The predicted molar refractivity (Wildman–Crippen MR) is 121 cm³/mol. The second kappa shape index (κ2) is 8.60. The fourth-order valence-corrected chi connectivity index (χ4v) is 4.14. The van der Waals surface area contributed by atoms with Gasteiger partial charge in [-0.25, -0.2) is 0 Å². The first-order valence-electron chi connectivity index (χ1n) is 10.4. The molecule has 3 aromatic rings. The quantitative estimate of drug-likeness (QED) is 0.645. The van der Waals surface area contributed by atoms with Gasteiger partial charge in [-0.3, -0.25) is 19.3 Å². The third-order valence-corrected chi connectivity index (χ3v) is 5.84. The summed E-state index contributed by atoms with van der Waals surface area (Å²) < 4.78 is 0. The number of anilines is 1. The van der Waals surface area contributed by atoms with Gasteiger partial charge in [0.15, 0.2) is 0 Å². The molecule has 1 heterocycles. The number of carbonyl (C=O) groups excluding carboxylic acids is 3. The van der Waals surface area contributed by atoms with Crippen LogP contribution in [0.4, 0.5) is 5.69 Å². The lowest BCUT2D eigenvalue weighted by Crippen LogP contribution is -2.51. The summed E-state index contributed by atoms with van der Waals surface area (Å²) in [6.07, 6.45) is 0.623. The van der Waals surface area contributed by atoms with E-state index in [-0.39, 0.29) is 24.3 Å². The van der Waals surface area contributed by atoms with Crippen molar-refractivity contribution in [3.63, 3.8) is 0 Å². The molecule has 31 heavy (non-hydrogen) atoms. The van der Waals surface area contributed by atoms with Gasteiger partial charge in [-0.1, -0.05) is 54.6 Å². The number of nitrogens with zero attached hydrogens (tertiary/aromatic N) is 2. The summed E-state index contributed by atoms with van der Waals surface area (Å²) in [5, 5.41) is 4.46. The van der Waals surface area contributed by atoms with Crippen LogP contribution >= 0.6 is 0 Å². The van der Waals surface area contributed by atoms with E-state index in [1.54, 1.807) is 24.9 Å². The first-order chi connectivity index (χ1) is 15.0. The maximum atomic E-state index is 13.4. The number of likely N-dealkylation sites (N-methyl/N-ethyl adjacent to an activating group) is 1. The smallest absolute Gasteiger partial charge is 0.259 e. The number of carbonyl (C=O) groups is 3. The highest BCUT2D eigenvalue weighted by Gasteiger charge is 2.33. The largest absolute Gasteiger partial charge is 0.357 e. The lowest BCUT2D eigenvalue weighted by molar-refractivity contribution is -0.138. The Morgan fingerprint density at radius 3 is 2.42 bits per heavy atom. The van der Waals surface area contributed by atoms with Crippen LogP contribution in [0.1, 0.15) is 22.8 Å². The molecule has 3 amide bonds. The number of amides is 3. The normalized spacial score (nSPS) is 13.4. The summed E-state index contributed by atoms with van der Waals surface area (Å²) in [6, 6.07) is 20.5. The van der Waals surface area contributed by atoms with Crippen LogP contribution in [0.25, 0.3) is 10.8 Å². The Bertz CT molecular complexity index is 1140. The lowest BCUT2D eigenvalue weighted by Gasteiger charge is -2.30. The number of nitrogens with one attached hydrogen (secondary N) is 1. The summed E-state index contributed by atoms with van der Waals surface area (Å²) in [7, 11) is 1.56. The molecule has 0 aliphatic carbocycles. The van der Waals surface area contributed by atoms with Crippen LogP contribution in [0.2, 0.25) is 0 Å². The maximum absolute atomic E-state index is 13.4. The predicted octanol–water partition coefficient (Wildman–Crippen LogP) is 3.01. The SMILES string of the molecule is CNC(=O)[C@H](C)N(CCc1ccccc1)C(=O)CN1C(=O)c2cccc3cccc1c23. The zero-order valence-electron chi connectivity index (χ0n) is 17.7. The molecule has 0 saturated heterocycles. The molecule has 4 rings (SSSR count). The van der Waals surface area contributed by atoms with Crippen molar-refractivity contribution < 1.29 is 14.4 Å². The number of benzene rings is 3. The van der Waals surface area contributed by atoms with E-state index in [2.05, 4.69) is 5.32 Å². The zero-order valence-corrected chi connectivity index (χ0v) is 17.7. The third-order valence-electron chi connectivity index (χ3n) is 5.84. The molecule has 0 unspecified atom stereocenters. The minimum Gasteiger partial charge on any atom is -0.357 e. The van der Waals surface area contributed by atoms with Crippen molar-refractivity contribution in [3.05, 3.63) is 77.9 Å². The van der Waals surface area contributed by atoms with Gasteiger partial charge in [0.1, 0.15) is 12.6 Å². The molecule has 0 radical (unpaired) electrons. The Morgan fingerprint density at radius 2 is 1.71 bits per heavy atom. The Hall–Kier alpha value is -3.67. The van der Waals surface area contributed by atoms with Gasteiger partial charge < -0.3 is 10.2 Å². The fraction of sp³-hybridized carbons (Fsp3) is 0.240. The van der Waals surface area contributed by atoms with Gasteiger partial charge >= 0.3 is 0 Å². The molecule has 1 atom stereocenters. The van der Waals surface area contributed by atoms with E-state index in [9.17, 15) is 14.4 Å². The Balaban J connectivity index is 1.58. The van der Waals surface area contributed by atoms with Crippen molar-refractivity contribution in [2.75, 3.05) is 25.0 Å². The maximum Gasteiger partial charge on any atom is 0.259 e. The summed E-state index contributed by atoms with van der Waals surface area (Å²) >= 11 is 0. The number of hydrogen-bond acceptors (Lipinski definition) is 3. The van der Waals surface area contributed by atoms with Crippen molar-refractivity contribution >= 4 is 34.2 Å². The second-order valence-electron chi connectivity index (χ2n) is 7.69. The van der Waals surface area contributed by atoms with Crippen LogP contribution in [0, 0.1) is 0 Å². The summed E-state index contributed by atoms with van der Waals surface area (Å²) in [5.74, 6) is -0.680. The Morgan fingerprint density at radius 1 is 1.00 bits per heavy atom. The molecule has 1 aliphatic heterocycles. The third kappa shape index (κ3) is 3.89. The molecule has 0 spiro atoms. The molecule has 1 N–H and O–H groups in total. The van der Waals surface area contributed by atoms with Gasteiger partial charge in [-0.05, 0) is 36.4 Å². The molecular weight excluding hydrogens is 390 g/mol. The van der Waals surface area contributed by atoms with E-state index in [1.807, 2.05) is 60.7 Å². The average molecular weight is 415 g/mol. The highest BCUT2D eigenvalue weighted by atomic mass is 16.2. The van der Waals surface area contributed by atoms with Crippen LogP contribution in [0.5, 0.6) is 0 Å². The van der Waals surface area contributed by atoms with Crippen LogP contribution in [0.3, 0.4) is 0 Å². The van der Waals surface area contributed by atoms with Crippen LogP contribution in [0.15, 0.2) is 66.7 Å². The summed E-state index contributed by atoms with van der Waals surface area (Å²) in [4.78, 5) is 41.8. The number of rotatable bonds is 7. The second-order valence-corrected chi connectivity index (χ2v) is 7.69. The van der Waals surface area contributed by atoms with E-state index < -0.39 is 6.04 Å². The fourth-order valence-electron chi connectivity index (χ4n) is 4.14. The van der Waals surface area contributed by atoms with Crippen LogP contribution in [-0.4, -0.2) is 48.8 Å². The number of hydrogen-bond donors (Lipinski definition) is 1. The van der Waals surface area contributed by atoms with Gasteiger partial charge in [0.05, 0.1) is 5.69 Å². The van der Waals surface area contributed by atoms with Crippen molar-refractivity contribution in [2.24, 2.45) is 0 Å². The van der Waals surface area contributed by atoms with Gasteiger partial charge in [0.25, 0.3) is 5.91 Å². The first-order valence-corrected chi connectivity index (χ1v) is 10.4. The van der Waals surface area contributed by atoms with E-state index in [4.69, 9.17) is 0 Å². The van der Waals surface area contributed by atoms with Crippen molar-refractivity contribution in [3.8, 4) is 0 Å². The molecular formula is C25H25N3O3. The molecule has 158 valence electrons. The molecule has 6 nitrogen and oxygen atoms in total. The topological polar surface area (TPSA) is 69.7 Å². The van der Waals surface area contributed by atoms with Crippen molar-refractivity contribution in [2.45, 2.75) is 19.4 Å². The minimum atomic E-state index is -0.642. The van der Waals surface area contributed by atoms with E-state index >= 15 is 0 Å². The van der Waals surface area contributed by atoms with E-state index in [0.717, 1.165) is 22.0 Å².